The lowest BCUT2D eigenvalue weighted by atomic mass is 10.3. The van der Waals surface area contributed by atoms with Crippen molar-refractivity contribution in [1.82, 2.24) is 0 Å². The summed E-state index contributed by atoms with van der Waals surface area (Å²) in [5, 5.41) is 0. The van der Waals surface area contributed by atoms with E-state index in [4.69, 9.17) is 24.7 Å². The minimum Gasteiger partial charge on any atom is -0.491 e. The summed E-state index contributed by atoms with van der Waals surface area (Å²) < 4.78 is 21.4. The molecule has 17 heavy (non-hydrogen) atoms. The Morgan fingerprint density at radius 1 is 1.29 bits per heavy atom. The van der Waals surface area contributed by atoms with Gasteiger partial charge in [0, 0.05) is 12.6 Å². The lowest BCUT2D eigenvalue weighted by Gasteiger charge is -2.11. The molecule has 0 saturated carbocycles. The van der Waals surface area contributed by atoms with Crippen molar-refractivity contribution in [3.63, 3.8) is 0 Å². The van der Waals surface area contributed by atoms with Crippen molar-refractivity contribution < 1.29 is 18.9 Å². The van der Waals surface area contributed by atoms with E-state index in [1.807, 2.05) is 25.1 Å². The van der Waals surface area contributed by atoms with Gasteiger partial charge in [0.1, 0.15) is 12.4 Å². The van der Waals surface area contributed by atoms with Gasteiger partial charge in [0.15, 0.2) is 11.5 Å². The van der Waals surface area contributed by atoms with Crippen LogP contribution in [0.3, 0.4) is 0 Å². The van der Waals surface area contributed by atoms with E-state index in [0.29, 0.717) is 19.8 Å². The summed E-state index contributed by atoms with van der Waals surface area (Å²) in [6.07, 6.45) is 0.0651. The van der Waals surface area contributed by atoms with Gasteiger partial charge in [0.2, 0.25) is 6.79 Å². The van der Waals surface area contributed by atoms with Crippen LogP contribution in [0.25, 0.3) is 0 Å². The van der Waals surface area contributed by atoms with Gasteiger partial charge in [-0.15, -0.1) is 0 Å². The van der Waals surface area contributed by atoms with E-state index in [9.17, 15) is 0 Å². The summed E-state index contributed by atoms with van der Waals surface area (Å²) in [5.74, 6) is 2.22. The number of rotatable bonds is 6. The van der Waals surface area contributed by atoms with Gasteiger partial charge >= 0.3 is 0 Å². The molecule has 0 aromatic heterocycles. The minimum absolute atomic E-state index is 0.0651. The Morgan fingerprint density at radius 2 is 2.12 bits per heavy atom. The van der Waals surface area contributed by atoms with E-state index in [2.05, 4.69) is 0 Å². The van der Waals surface area contributed by atoms with Crippen molar-refractivity contribution in [3.05, 3.63) is 18.2 Å². The molecule has 0 saturated heterocycles. The lowest BCUT2D eigenvalue weighted by Crippen LogP contribution is -2.22. The first kappa shape index (κ1) is 12.0. The average Bonchev–Trinajstić information content (AvgIpc) is 2.81. The fraction of sp³-hybridized carbons (Fsp3) is 0.500. The molecule has 5 nitrogen and oxygen atoms in total. The van der Waals surface area contributed by atoms with Gasteiger partial charge in [-0.25, -0.2) is 0 Å². The molecular formula is C12H17NO4. The zero-order chi connectivity index (χ0) is 12.1. The second-order valence-electron chi connectivity index (χ2n) is 3.78. The molecule has 1 unspecified atom stereocenters. The van der Waals surface area contributed by atoms with Crippen LogP contribution in [0.15, 0.2) is 18.2 Å². The molecule has 0 fully saturated rings. The highest BCUT2D eigenvalue weighted by molar-refractivity contribution is 5.46. The fourth-order valence-electron chi connectivity index (χ4n) is 1.44. The van der Waals surface area contributed by atoms with Crippen molar-refractivity contribution in [2.24, 2.45) is 5.73 Å². The van der Waals surface area contributed by atoms with E-state index in [0.717, 1.165) is 17.2 Å². The zero-order valence-corrected chi connectivity index (χ0v) is 9.85. The zero-order valence-electron chi connectivity index (χ0n) is 9.85. The van der Waals surface area contributed by atoms with Crippen LogP contribution in [0.4, 0.5) is 0 Å². The second-order valence-corrected chi connectivity index (χ2v) is 3.78. The lowest BCUT2D eigenvalue weighted by molar-refractivity contribution is 0.0496. The van der Waals surface area contributed by atoms with Gasteiger partial charge in [-0.1, -0.05) is 0 Å². The Hall–Kier alpha value is -1.46. The molecule has 2 N–H and O–H groups in total. The molecule has 0 amide bonds. The Labute approximate surface area is 100 Å². The highest BCUT2D eigenvalue weighted by Gasteiger charge is 2.13. The molecule has 0 aliphatic carbocycles. The molecule has 2 rings (SSSR count). The van der Waals surface area contributed by atoms with Crippen molar-refractivity contribution >= 4 is 0 Å². The molecular weight excluding hydrogens is 222 g/mol. The standard InChI is InChI=1S/C12H17NO4/c1-9(7-13)14-4-5-15-10-2-3-11-12(6-10)17-8-16-11/h2-3,6,9H,4-5,7-8,13H2,1H3. The third-order valence-corrected chi connectivity index (χ3v) is 2.43. The molecule has 5 heteroatoms. The number of benzene rings is 1. The number of hydrogen-bond donors (Lipinski definition) is 1. The number of hydrogen-bond acceptors (Lipinski definition) is 5. The van der Waals surface area contributed by atoms with Crippen molar-refractivity contribution in [1.29, 1.82) is 0 Å². The molecule has 1 aliphatic heterocycles. The van der Waals surface area contributed by atoms with Crippen LogP contribution in [0.5, 0.6) is 17.2 Å². The van der Waals surface area contributed by atoms with Crippen LogP contribution in [-0.4, -0.2) is 32.7 Å². The number of nitrogens with two attached hydrogens (primary N) is 1. The SMILES string of the molecule is CC(CN)OCCOc1ccc2c(c1)OCO2. The van der Waals surface area contributed by atoms with Crippen LogP contribution in [0, 0.1) is 0 Å². The second kappa shape index (κ2) is 5.75. The number of fused-ring (bicyclic) bond motifs is 1. The first-order valence-electron chi connectivity index (χ1n) is 5.63. The van der Waals surface area contributed by atoms with Crippen LogP contribution < -0.4 is 19.9 Å². The molecule has 1 aromatic carbocycles. The van der Waals surface area contributed by atoms with E-state index in [-0.39, 0.29) is 12.9 Å². The van der Waals surface area contributed by atoms with Crippen LogP contribution in [0.2, 0.25) is 0 Å². The summed E-state index contributed by atoms with van der Waals surface area (Å²) in [6.45, 7) is 3.73. The molecule has 1 aromatic rings. The molecule has 1 aliphatic rings. The maximum Gasteiger partial charge on any atom is 0.231 e. The van der Waals surface area contributed by atoms with Gasteiger partial charge in [-0.05, 0) is 19.1 Å². The van der Waals surface area contributed by atoms with Crippen LogP contribution in [-0.2, 0) is 4.74 Å². The first-order chi connectivity index (χ1) is 8.29. The van der Waals surface area contributed by atoms with Crippen molar-refractivity contribution in [2.75, 3.05) is 26.6 Å². The summed E-state index contributed by atoms with van der Waals surface area (Å²) in [7, 11) is 0. The van der Waals surface area contributed by atoms with E-state index in [1.165, 1.54) is 0 Å². The van der Waals surface area contributed by atoms with Crippen molar-refractivity contribution in [2.45, 2.75) is 13.0 Å². The summed E-state index contributed by atoms with van der Waals surface area (Å²) >= 11 is 0. The van der Waals surface area contributed by atoms with E-state index in [1.54, 1.807) is 0 Å². The Morgan fingerprint density at radius 3 is 2.94 bits per heavy atom. The third kappa shape index (κ3) is 3.25. The molecule has 0 radical (unpaired) electrons. The molecule has 94 valence electrons. The van der Waals surface area contributed by atoms with Crippen molar-refractivity contribution in [3.8, 4) is 17.2 Å². The van der Waals surface area contributed by atoms with Crippen LogP contribution >= 0.6 is 0 Å². The van der Waals surface area contributed by atoms with E-state index < -0.39 is 0 Å². The predicted octanol–water partition coefficient (Wildman–Crippen LogP) is 1.16. The monoisotopic (exact) mass is 239 g/mol. The summed E-state index contributed by atoms with van der Waals surface area (Å²) in [4.78, 5) is 0. The van der Waals surface area contributed by atoms with Gasteiger partial charge in [0.05, 0.1) is 12.7 Å². The summed E-state index contributed by atoms with van der Waals surface area (Å²) in [6, 6.07) is 5.50. The van der Waals surface area contributed by atoms with Gasteiger partial charge in [-0.3, -0.25) is 0 Å². The topological polar surface area (TPSA) is 62.9 Å². The maximum atomic E-state index is 5.52. The normalized spacial score (nSPS) is 14.7. The van der Waals surface area contributed by atoms with Gasteiger partial charge < -0.3 is 24.7 Å². The van der Waals surface area contributed by atoms with Gasteiger partial charge in [-0.2, -0.15) is 0 Å². The van der Waals surface area contributed by atoms with Crippen LogP contribution in [0.1, 0.15) is 6.92 Å². The first-order valence-corrected chi connectivity index (χ1v) is 5.63. The van der Waals surface area contributed by atoms with Gasteiger partial charge in [0.25, 0.3) is 0 Å². The molecule has 1 heterocycles. The predicted molar refractivity (Wildman–Crippen MR) is 62.5 cm³/mol. The summed E-state index contributed by atoms with van der Waals surface area (Å²) in [5.41, 5.74) is 5.43. The number of ether oxygens (including phenoxy) is 4. The minimum atomic E-state index is 0.0651. The largest absolute Gasteiger partial charge is 0.491 e. The van der Waals surface area contributed by atoms with E-state index >= 15 is 0 Å². The Kier molecular flexibility index (Phi) is 4.06. The highest BCUT2D eigenvalue weighted by atomic mass is 16.7. The molecule has 1 atom stereocenters. The molecule has 0 spiro atoms. The smallest absolute Gasteiger partial charge is 0.231 e. The molecule has 0 bridgehead atoms. The maximum absolute atomic E-state index is 5.52. The third-order valence-electron chi connectivity index (χ3n) is 2.43. The quantitative estimate of drug-likeness (QED) is 0.755. The highest BCUT2D eigenvalue weighted by Crippen LogP contribution is 2.34. The Balaban J connectivity index is 1.76. The fourth-order valence-corrected chi connectivity index (χ4v) is 1.44. The Bertz CT molecular complexity index is 370. The average molecular weight is 239 g/mol.